The Balaban J connectivity index is 1.83. The van der Waals surface area contributed by atoms with E-state index in [0.717, 1.165) is 0 Å². The molecule has 0 saturated carbocycles. The summed E-state index contributed by atoms with van der Waals surface area (Å²) in [6.45, 7) is -0.00419. The van der Waals surface area contributed by atoms with E-state index in [1.807, 2.05) is 0 Å². The lowest BCUT2D eigenvalue weighted by Crippen LogP contribution is -2.09. The van der Waals surface area contributed by atoms with Gasteiger partial charge in [-0.25, -0.2) is 0 Å². The van der Waals surface area contributed by atoms with Gasteiger partial charge in [-0.1, -0.05) is 0 Å². The third-order valence-electron chi connectivity index (χ3n) is 3.80. The van der Waals surface area contributed by atoms with Crippen LogP contribution in [0.2, 0.25) is 0 Å². The number of fused-ring (bicyclic) bond motifs is 1. The predicted molar refractivity (Wildman–Crippen MR) is 96.4 cm³/mol. The molecule has 27 heavy (non-hydrogen) atoms. The minimum Gasteiger partial charge on any atom is -0.497 e. The zero-order chi connectivity index (χ0) is 19.4. The maximum absolute atomic E-state index is 12.2. The highest BCUT2D eigenvalue weighted by molar-refractivity contribution is 6.03. The number of nitro benzene ring substituents is 1. The molecule has 0 radical (unpaired) electrons. The number of rotatable bonds is 6. The number of nitrogens with zero attached hydrogens (tertiary/aromatic N) is 1. The summed E-state index contributed by atoms with van der Waals surface area (Å²) >= 11 is 0. The van der Waals surface area contributed by atoms with Crippen LogP contribution in [0.5, 0.6) is 23.0 Å². The molecule has 0 aliphatic carbocycles. The van der Waals surface area contributed by atoms with Gasteiger partial charge in [-0.05, 0) is 24.3 Å². The Hall–Kier alpha value is -3.75. The minimum atomic E-state index is -0.551. The number of carbonyl (C=O) groups is 1. The van der Waals surface area contributed by atoms with Gasteiger partial charge in [-0.3, -0.25) is 14.9 Å². The fourth-order valence-electron chi connectivity index (χ4n) is 2.49. The van der Waals surface area contributed by atoms with Gasteiger partial charge in [0, 0.05) is 12.1 Å². The highest BCUT2D eigenvalue weighted by atomic mass is 16.7. The van der Waals surface area contributed by atoms with E-state index in [9.17, 15) is 14.9 Å². The molecule has 9 heteroatoms. The highest BCUT2D eigenvalue weighted by Gasteiger charge is 2.22. The Morgan fingerprint density at radius 1 is 1.19 bits per heavy atom. The standard InChI is InChI=1S/C18H16N2O7/c1-24-12-4-5-15(25-2)13(8-12)19-18(21)6-3-11-7-16-17(27-10-26-16)9-14(11)20(22)23/h3-9H,10H2,1-2H3,(H,19,21). The van der Waals surface area contributed by atoms with Crippen molar-refractivity contribution in [1.29, 1.82) is 0 Å². The van der Waals surface area contributed by atoms with Gasteiger partial charge in [0.2, 0.25) is 12.7 Å². The second kappa shape index (κ2) is 7.65. The molecule has 0 bridgehead atoms. The van der Waals surface area contributed by atoms with Crippen LogP contribution in [0.15, 0.2) is 36.4 Å². The number of carbonyl (C=O) groups excluding carboxylic acids is 1. The van der Waals surface area contributed by atoms with E-state index in [1.165, 1.54) is 38.5 Å². The molecule has 0 aromatic heterocycles. The molecule has 0 fully saturated rings. The van der Waals surface area contributed by atoms with E-state index in [2.05, 4.69) is 5.32 Å². The lowest BCUT2D eigenvalue weighted by atomic mass is 10.1. The fourth-order valence-corrected chi connectivity index (χ4v) is 2.49. The van der Waals surface area contributed by atoms with Crippen LogP contribution in [-0.2, 0) is 4.79 Å². The van der Waals surface area contributed by atoms with Gasteiger partial charge in [0.05, 0.1) is 36.5 Å². The molecule has 0 atom stereocenters. The first kappa shape index (κ1) is 18.1. The van der Waals surface area contributed by atoms with Crippen LogP contribution in [0.4, 0.5) is 11.4 Å². The molecule has 0 spiro atoms. The first-order valence-electron chi connectivity index (χ1n) is 7.81. The second-order valence-electron chi connectivity index (χ2n) is 5.41. The zero-order valence-electron chi connectivity index (χ0n) is 14.6. The first-order chi connectivity index (χ1) is 13.0. The lowest BCUT2D eigenvalue weighted by molar-refractivity contribution is -0.385. The first-order valence-corrected chi connectivity index (χ1v) is 7.81. The molecule has 140 valence electrons. The summed E-state index contributed by atoms with van der Waals surface area (Å²) in [7, 11) is 2.98. The number of hydrogen-bond donors (Lipinski definition) is 1. The average molecular weight is 372 g/mol. The molecule has 1 heterocycles. The molecular formula is C18H16N2O7. The Labute approximate surface area is 154 Å². The summed E-state index contributed by atoms with van der Waals surface area (Å²) in [5, 5.41) is 13.9. The molecule has 1 aliphatic rings. The summed E-state index contributed by atoms with van der Waals surface area (Å²) in [5.41, 5.74) is 0.436. The SMILES string of the molecule is COc1ccc(OC)c(NC(=O)C=Cc2cc3c(cc2[N+](=O)[O-])OCO3)c1. The van der Waals surface area contributed by atoms with Crippen molar-refractivity contribution in [2.75, 3.05) is 26.3 Å². The number of benzene rings is 2. The van der Waals surface area contributed by atoms with Gasteiger partial charge in [0.1, 0.15) is 11.5 Å². The Bertz CT molecular complexity index is 924. The molecule has 0 saturated heterocycles. The summed E-state index contributed by atoms with van der Waals surface area (Å²) in [6, 6.07) is 7.68. The van der Waals surface area contributed by atoms with Gasteiger partial charge in [0.15, 0.2) is 11.5 Å². The summed E-state index contributed by atoms with van der Waals surface area (Å²) in [5.74, 6) is 1.18. The van der Waals surface area contributed by atoms with Crippen LogP contribution < -0.4 is 24.3 Å². The van der Waals surface area contributed by atoms with Gasteiger partial charge in [0.25, 0.3) is 5.69 Å². The quantitative estimate of drug-likeness (QED) is 0.471. The second-order valence-corrected chi connectivity index (χ2v) is 5.41. The molecule has 2 aromatic carbocycles. The monoisotopic (exact) mass is 372 g/mol. The topological polar surface area (TPSA) is 109 Å². The van der Waals surface area contributed by atoms with Crippen LogP contribution in [0.3, 0.4) is 0 Å². The largest absolute Gasteiger partial charge is 0.497 e. The van der Waals surface area contributed by atoms with Crippen LogP contribution in [0.1, 0.15) is 5.56 Å². The third kappa shape index (κ3) is 3.92. The van der Waals surface area contributed by atoms with Gasteiger partial charge in [-0.15, -0.1) is 0 Å². The van der Waals surface area contributed by atoms with Crippen molar-refractivity contribution in [2.45, 2.75) is 0 Å². The molecule has 1 aliphatic heterocycles. The Morgan fingerprint density at radius 3 is 2.59 bits per heavy atom. The van der Waals surface area contributed by atoms with E-state index in [0.29, 0.717) is 28.7 Å². The van der Waals surface area contributed by atoms with Crippen molar-refractivity contribution in [3.63, 3.8) is 0 Å². The van der Waals surface area contributed by atoms with Crippen molar-refractivity contribution in [2.24, 2.45) is 0 Å². The maximum atomic E-state index is 12.2. The molecule has 1 N–H and O–H groups in total. The van der Waals surface area contributed by atoms with E-state index in [1.54, 1.807) is 18.2 Å². The van der Waals surface area contributed by atoms with E-state index < -0.39 is 10.8 Å². The van der Waals surface area contributed by atoms with E-state index >= 15 is 0 Å². The molecule has 9 nitrogen and oxygen atoms in total. The van der Waals surface area contributed by atoms with Gasteiger partial charge >= 0.3 is 0 Å². The van der Waals surface area contributed by atoms with Crippen LogP contribution >= 0.6 is 0 Å². The normalized spacial score (nSPS) is 12.1. The van der Waals surface area contributed by atoms with Crippen LogP contribution in [0, 0.1) is 10.1 Å². The average Bonchev–Trinajstić information content (AvgIpc) is 3.12. The van der Waals surface area contributed by atoms with Crippen molar-refractivity contribution >= 4 is 23.4 Å². The zero-order valence-corrected chi connectivity index (χ0v) is 14.6. The molecule has 0 unspecified atom stereocenters. The Morgan fingerprint density at radius 2 is 1.93 bits per heavy atom. The predicted octanol–water partition coefficient (Wildman–Crippen LogP) is 2.99. The van der Waals surface area contributed by atoms with E-state index in [4.69, 9.17) is 18.9 Å². The summed E-state index contributed by atoms with van der Waals surface area (Å²) in [6.07, 6.45) is 2.52. The lowest BCUT2D eigenvalue weighted by Gasteiger charge is -2.10. The summed E-state index contributed by atoms with van der Waals surface area (Å²) in [4.78, 5) is 23.0. The summed E-state index contributed by atoms with van der Waals surface area (Å²) < 4.78 is 20.7. The van der Waals surface area contributed by atoms with Crippen molar-refractivity contribution < 1.29 is 28.7 Å². The number of methoxy groups -OCH3 is 2. The van der Waals surface area contributed by atoms with Crippen LogP contribution in [0.25, 0.3) is 6.08 Å². The van der Waals surface area contributed by atoms with E-state index in [-0.39, 0.29) is 18.0 Å². The van der Waals surface area contributed by atoms with Crippen molar-refractivity contribution in [3.8, 4) is 23.0 Å². The number of nitro groups is 1. The number of amides is 1. The number of nitrogens with one attached hydrogen (secondary N) is 1. The molecule has 3 rings (SSSR count). The van der Waals surface area contributed by atoms with Crippen molar-refractivity contribution in [1.82, 2.24) is 0 Å². The smallest absolute Gasteiger partial charge is 0.280 e. The van der Waals surface area contributed by atoms with Gasteiger partial charge in [-0.2, -0.15) is 0 Å². The van der Waals surface area contributed by atoms with Gasteiger partial charge < -0.3 is 24.3 Å². The highest BCUT2D eigenvalue weighted by Crippen LogP contribution is 2.38. The Kier molecular flexibility index (Phi) is 5.11. The minimum absolute atomic E-state index is 0.00419. The molecule has 1 amide bonds. The van der Waals surface area contributed by atoms with Crippen molar-refractivity contribution in [3.05, 3.63) is 52.1 Å². The maximum Gasteiger partial charge on any atom is 0.280 e. The van der Waals surface area contributed by atoms with Crippen LogP contribution in [-0.4, -0.2) is 31.8 Å². The molecule has 2 aromatic rings. The number of anilines is 1. The number of hydrogen-bond acceptors (Lipinski definition) is 7. The molecular weight excluding hydrogens is 356 g/mol. The third-order valence-corrected chi connectivity index (χ3v) is 3.80. The fraction of sp³-hybridized carbons (Fsp3) is 0.167. The number of ether oxygens (including phenoxy) is 4.